The van der Waals surface area contributed by atoms with E-state index in [2.05, 4.69) is 12.2 Å². The quantitative estimate of drug-likeness (QED) is 0.728. The van der Waals surface area contributed by atoms with Crippen LogP contribution in [0.1, 0.15) is 55.8 Å². The van der Waals surface area contributed by atoms with Gasteiger partial charge in [0.25, 0.3) is 5.91 Å². The number of benzene rings is 1. The van der Waals surface area contributed by atoms with Gasteiger partial charge in [-0.1, -0.05) is 13.3 Å². The minimum atomic E-state index is -0.903. The van der Waals surface area contributed by atoms with E-state index in [9.17, 15) is 9.90 Å². The van der Waals surface area contributed by atoms with Crippen LogP contribution in [0.4, 0.5) is 0 Å². The number of hydrogen-bond donors (Lipinski definition) is 2. The Labute approximate surface area is 154 Å². The fraction of sp³-hybridized carbons (Fsp3) is 0.650. The first-order valence-electron chi connectivity index (χ1n) is 9.56. The third kappa shape index (κ3) is 4.75. The van der Waals surface area contributed by atoms with E-state index in [1.165, 1.54) is 0 Å². The highest BCUT2D eigenvalue weighted by molar-refractivity contribution is 5.94. The van der Waals surface area contributed by atoms with E-state index in [-0.39, 0.29) is 12.5 Å². The van der Waals surface area contributed by atoms with Gasteiger partial charge in [-0.3, -0.25) is 4.79 Å². The molecule has 0 atom stereocenters. The largest absolute Gasteiger partial charge is 0.494 e. The summed E-state index contributed by atoms with van der Waals surface area (Å²) in [5, 5.41) is 13.6. The van der Waals surface area contributed by atoms with Crippen LogP contribution in [0.2, 0.25) is 0 Å². The monoisotopic (exact) mass is 363 g/mol. The van der Waals surface area contributed by atoms with Gasteiger partial charge in [-0.05, 0) is 43.5 Å². The van der Waals surface area contributed by atoms with E-state index >= 15 is 0 Å². The minimum absolute atomic E-state index is 0.188. The van der Waals surface area contributed by atoms with Crippen LogP contribution >= 0.6 is 0 Å². The summed E-state index contributed by atoms with van der Waals surface area (Å²) < 4.78 is 17.0. The van der Waals surface area contributed by atoms with Gasteiger partial charge in [-0.25, -0.2) is 0 Å². The molecule has 1 aromatic rings. The van der Waals surface area contributed by atoms with Crippen molar-refractivity contribution in [2.45, 2.75) is 56.8 Å². The Balaban J connectivity index is 1.46. The van der Waals surface area contributed by atoms with Gasteiger partial charge in [-0.15, -0.1) is 0 Å². The Morgan fingerprint density at radius 2 is 1.81 bits per heavy atom. The van der Waals surface area contributed by atoms with Crippen LogP contribution in [0.25, 0.3) is 0 Å². The van der Waals surface area contributed by atoms with Crippen LogP contribution in [0, 0.1) is 0 Å². The van der Waals surface area contributed by atoms with Crippen molar-refractivity contribution in [3.8, 4) is 5.75 Å². The molecule has 0 unspecified atom stereocenters. The van der Waals surface area contributed by atoms with Crippen molar-refractivity contribution >= 4 is 5.91 Å². The highest BCUT2D eigenvalue weighted by Gasteiger charge is 2.45. The van der Waals surface area contributed by atoms with Gasteiger partial charge in [0, 0.05) is 24.9 Å². The van der Waals surface area contributed by atoms with Crippen LogP contribution in [0.15, 0.2) is 24.3 Å². The lowest BCUT2D eigenvalue weighted by atomic mass is 9.81. The van der Waals surface area contributed by atoms with Crippen LogP contribution in [-0.2, 0) is 9.47 Å². The molecular weight excluding hydrogens is 334 g/mol. The summed E-state index contributed by atoms with van der Waals surface area (Å²) in [5.74, 6) is 0.0686. The summed E-state index contributed by atoms with van der Waals surface area (Å²) in [7, 11) is 0. The molecule has 1 saturated carbocycles. The molecule has 26 heavy (non-hydrogen) atoms. The zero-order chi connectivity index (χ0) is 18.5. The summed E-state index contributed by atoms with van der Waals surface area (Å²) in [6, 6.07) is 7.10. The van der Waals surface area contributed by atoms with Crippen molar-refractivity contribution in [1.82, 2.24) is 5.32 Å². The Hall–Kier alpha value is -1.63. The molecule has 2 N–H and O–H groups in total. The standard InChI is InChI=1S/C20H29NO5/c1-2-3-12-24-17-6-4-16(5-7-17)18(22)21-15-19(23)8-10-20(11-9-19)25-13-14-26-20/h4-7,23H,2-3,8-15H2,1H3,(H,21,22). The van der Waals surface area contributed by atoms with Gasteiger partial charge in [-0.2, -0.15) is 0 Å². The number of carbonyl (C=O) groups excluding carboxylic acids is 1. The number of aliphatic hydroxyl groups is 1. The second kappa shape index (κ2) is 8.37. The highest BCUT2D eigenvalue weighted by atomic mass is 16.7. The van der Waals surface area contributed by atoms with Crippen LogP contribution < -0.4 is 10.1 Å². The number of rotatable bonds is 7. The Bertz CT molecular complexity index is 585. The van der Waals surface area contributed by atoms with Crippen molar-refractivity contribution < 1.29 is 24.1 Å². The van der Waals surface area contributed by atoms with Crippen LogP contribution in [0.3, 0.4) is 0 Å². The maximum absolute atomic E-state index is 12.3. The lowest BCUT2D eigenvalue weighted by molar-refractivity contribution is -0.201. The molecule has 6 heteroatoms. The fourth-order valence-corrected chi connectivity index (χ4v) is 3.44. The predicted molar refractivity (Wildman–Crippen MR) is 97.2 cm³/mol. The van der Waals surface area contributed by atoms with E-state index in [0.29, 0.717) is 51.1 Å². The van der Waals surface area contributed by atoms with E-state index in [4.69, 9.17) is 14.2 Å². The SMILES string of the molecule is CCCCOc1ccc(C(=O)NCC2(O)CCC3(CC2)OCCO3)cc1. The van der Waals surface area contributed by atoms with E-state index < -0.39 is 11.4 Å². The van der Waals surface area contributed by atoms with Crippen molar-refractivity contribution in [3.05, 3.63) is 29.8 Å². The summed E-state index contributed by atoms with van der Waals surface area (Å²) in [5.41, 5.74) is -0.342. The van der Waals surface area contributed by atoms with E-state index in [1.54, 1.807) is 24.3 Å². The van der Waals surface area contributed by atoms with Crippen molar-refractivity contribution in [3.63, 3.8) is 0 Å². The van der Waals surface area contributed by atoms with Gasteiger partial charge in [0.1, 0.15) is 5.75 Å². The van der Waals surface area contributed by atoms with Crippen molar-refractivity contribution in [2.75, 3.05) is 26.4 Å². The maximum Gasteiger partial charge on any atom is 0.251 e. The Morgan fingerprint density at radius 1 is 1.15 bits per heavy atom. The lowest BCUT2D eigenvalue weighted by Gasteiger charge is -2.40. The average molecular weight is 363 g/mol. The van der Waals surface area contributed by atoms with Crippen molar-refractivity contribution in [1.29, 1.82) is 0 Å². The molecule has 1 aliphatic heterocycles. The molecule has 6 nitrogen and oxygen atoms in total. The second-order valence-corrected chi connectivity index (χ2v) is 7.24. The maximum atomic E-state index is 12.3. The first-order valence-corrected chi connectivity index (χ1v) is 9.56. The Kier molecular flexibility index (Phi) is 6.16. The first-order chi connectivity index (χ1) is 12.5. The minimum Gasteiger partial charge on any atom is -0.494 e. The van der Waals surface area contributed by atoms with Gasteiger partial charge >= 0.3 is 0 Å². The van der Waals surface area contributed by atoms with Gasteiger partial charge in [0.2, 0.25) is 0 Å². The molecule has 1 amide bonds. The number of amides is 1. The summed E-state index contributed by atoms with van der Waals surface area (Å²) in [4.78, 5) is 12.3. The Morgan fingerprint density at radius 3 is 2.42 bits per heavy atom. The van der Waals surface area contributed by atoms with Crippen molar-refractivity contribution in [2.24, 2.45) is 0 Å². The molecule has 1 saturated heterocycles. The topological polar surface area (TPSA) is 77.0 Å². The molecule has 0 bridgehead atoms. The molecule has 1 aromatic carbocycles. The molecule has 2 fully saturated rings. The fourth-order valence-electron chi connectivity index (χ4n) is 3.44. The summed E-state index contributed by atoms with van der Waals surface area (Å²) in [6.45, 7) is 4.27. The smallest absolute Gasteiger partial charge is 0.251 e. The molecule has 1 heterocycles. The van der Waals surface area contributed by atoms with Gasteiger partial charge in [0.05, 0.1) is 25.4 Å². The van der Waals surface area contributed by atoms with E-state index in [0.717, 1.165) is 18.6 Å². The van der Waals surface area contributed by atoms with Gasteiger partial charge in [0.15, 0.2) is 5.79 Å². The number of carbonyl (C=O) groups is 1. The lowest BCUT2D eigenvalue weighted by Crippen LogP contribution is -2.49. The zero-order valence-electron chi connectivity index (χ0n) is 15.5. The molecule has 2 aliphatic rings. The molecule has 0 aromatic heterocycles. The third-order valence-corrected chi connectivity index (χ3v) is 5.22. The molecule has 0 radical (unpaired) electrons. The summed E-state index contributed by atoms with van der Waals surface area (Å²) in [6.07, 6.45) is 4.52. The predicted octanol–water partition coefficient (Wildman–Crippen LogP) is 2.64. The van der Waals surface area contributed by atoms with Crippen LogP contribution in [-0.4, -0.2) is 48.8 Å². The number of hydrogen-bond acceptors (Lipinski definition) is 5. The number of unbranched alkanes of at least 4 members (excludes halogenated alkanes) is 1. The number of nitrogens with one attached hydrogen (secondary N) is 1. The van der Waals surface area contributed by atoms with Gasteiger partial charge < -0.3 is 24.6 Å². The molecule has 1 aliphatic carbocycles. The molecule has 144 valence electrons. The first kappa shape index (κ1) is 19.1. The molecule has 3 rings (SSSR count). The highest BCUT2D eigenvalue weighted by Crippen LogP contribution is 2.39. The second-order valence-electron chi connectivity index (χ2n) is 7.24. The average Bonchev–Trinajstić information content (AvgIpc) is 3.12. The normalized spacial score (nSPS) is 20.8. The van der Waals surface area contributed by atoms with E-state index in [1.807, 2.05) is 0 Å². The third-order valence-electron chi connectivity index (χ3n) is 5.22. The zero-order valence-corrected chi connectivity index (χ0v) is 15.5. The van der Waals surface area contributed by atoms with Crippen LogP contribution in [0.5, 0.6) is 5.75 Å². The molecule has 1 spiro atoms. The number of ether oxygens (including phenoxy) is 3. The molecular formula is C20H29NO5. The summed E-state index contributed by atoms with van der Waals surface area (Å²) >= 11 is 0.